The Balaban J connectivity index is 4.13. The third-order valence-corrected chi connectivity index (χ3v) is 2.28. The third kappa shape index (κ3) is 3.67. The molecule has 0 aromatic rings. The fourth-order valence-electron chi connectivity index (χ4n) is 0.797. The number of aldehydes is 1. The maximum atomic E-state index is 10.3. The minimum Gasteiger partial charge on any atom is -0.378 e. The van der Waals surface area contributed by atoms with Crippen LogP contribution in [0.4, 0.5) is 0 Å². The zero-order chi connectivity index (χ0) is 9.61. The summed E-state index contributed by atoms with van der Waals surface area (Å²) in [6, 6.07) is 0. The molecule has 0 aromatic heterocycles. The zero-order valence-electron chi connectivity index (χ0n) is 8.39. The number of hydrogen-bond acceptors (Lipinski definition) is 2. The molecule has 0 bridgehead atoms. The lowest BCUT2D eigenvalue weighted by atomic mass is 9.98. The number of carbonyl (C=O) groups excluding carboxylic acids is 1. The molecule has 1 unspecified atom stereocenters. The summed E-state index contributed by atoms with van der Waals surface area (Å²) in [4.78, 5) is 10.3. The molecule has 0 aromatic carbocycles. The lowest BCUT2D eigenvalue weighted by Crippen LogP contribution is -2.25. The van der Waals surface area contributed by atoms with Gasteiger partial charge in [0.05, 0.1) is 5.60 Å². The molecule has 0 rings (SSSR count). The Morgan fingerprint density at radius 1 is 1.58 bits per heavy atom. The van der Waals surface area contributed by atoms with Crippen LogP contribution >= 0.6 is 0 Å². The number of allylic oxidation sites excluding steroid dienone is 1. The molecule has 0 saturated heterocycles. The Hall–Kier alpha value is -0.630. The first-order chi connectivity index (χ1) is 5.58. The Morgan fingerprint density at radius 2 is 2.17 bits per heavy atom. The van der Waals surface area contributed by atoms with Crippen molar-refractivity contribution in [2.75, 3.05) is 7.11 Å². The van der Waals surface area contributed by atoms with E-state index in [1.165, 1.54) is 0 Å². The molecule has 0 fully saturated rings. The van der Waals surface area contributed by atoms with Crippen LogP contribution in [0.5, 0.6) is 0 Å². The van der Waals surface area contributed by atoms with Crippen molar-refractivity contribution in [1.29, 1.82) is 0 Å². The Labute approximate surface area is 74.6 Å². The average molecular weight is 170 g/mol. The van der Waals surface area contributed by atoms with E-state index < -0.39 is 0 Å². The van der Waals surface area contributed by atoms with Gasteiger partial charge in [-0.15, -0.1) is 0 Å². The second-order valence-corrected chi connectivity index (χ2v) is 3.28. The highest BCUT2D eigenvalue weighted by atomic mass is 16.5. The first-order valence-corrected chi connectivity index (χ1v) is 4.25. The van der Waals surface area contributed by atoms with Crippen molar-refractivity contribution >= 4 is 6.29 Å². The van der Waals surface area contributed by atoms with Gasteiger partial charge < -0.3 is 4.74 Å². The molecule has 0 N–H and O–H groups in total. The van der Waals surface area contributed by atoms with E-state index in [2.05, 4.69) is 6.92 Å². The topological polar surface area (TPSA) is 26.3 Å². The summed E-state index contributed by atoms with van der Waals surface area (Å²) in [5.74, 6) is 0. The first kappa shape index (κ1) is 11.4. The predicted molar refractivity (Wildman–Crippen MR) is 50.1 cm³/mol. The van der Waals surface area contributed by atoms with E-state index in [0.717, 1.165) is 24.7 Å². The summed E-state index contributed by atoms with van der Waals surface area (Å²) in [6.45, 7) is 5.92. The zero-order valence-corrected chi connectivity index (χ0v) is 8.39. The second kappa shape index (κ2) is 5.09. The molecular formula is C10H18O2. The molecule has 12 heavy (non-hydrogen) atoms. The monoisotopic (exact) mass is 170 g/mol. The molecule has 0 amide bonds. The van der Waals surface area contributed by atoms with Crippen molar-refractivity contribution in [3.8, 4) is 0 Å². The van der Waals surface area contributed by atoms with Crippen LogP contribution in [0, 0.1) is 0 Å². The van der Waals surface area contributed by atoms with Gasteiger partial charge in [0, 0.05) is 7.11 Å². The molecule has 0 radical (unpaired) electrons. The Kier molecular flexibility index (Phi) is 4.83. The summed E-state index contributed by atoms with van der Waals surface area (Å²) in [5.41, 5.74) is 0.649. The largest absolute Gasteiger partial charge is 0.378 e. The quantitative estimate of drug-likeness (QED) is 0.467. The van der Waals surface area contributed by atoms with E-state index in [4.69, 9.17) is 4.74 Å². The highest BCUT2D eigenvalue weighted by Gasteiger charge is 2.18. The first-order valence-electron chi connectivity index (χ1n) is 4.25. The van der Waals surface area contributed by atoms with Crippen molar-refractivity contribution in [1.82, 2.24) is 0 Å². The number of carbonyl (C=O) groups is 1. The highest BCUT2D eigenvalue weighted by molar-refractivity contribution is 5.71. The maximum absolute atomic E-state index is 10.3. The van der Waals surface area contributed by atoms with Gasteiger partial charge in [0.25, 0.3) is 0 Å². The SMILES string of the molecule is CCC(C)(CC=C(C)C=O)OC. The van der Waals surface area contributed by atoms with Crippen LogP contribution in [-0.4, -0.2) is 19.0 Å². The molecule has 2 heteroatoms. The van der Waals surface area contributed by atoms with Crippen molar-refractivity contribution in [3.05, 3.63) is 11.6 Å². The molecule has 70 valence electrons. The summed E-state index contributed by atoms with van der Waals surface area (Å²) in [6.07, 6.45) is 4.53. The van der Waals surface area contributed by atoms with Crippen LogP contribution in [0.3, 0.4) is 0 Å². The second-order valence-electron chi connectivity index (χ2n) is 3.28. The van der Waals surface area contributed by atoms with Crippen LogP contribution in [0.15, 0.2) is 11.6 Å². The van der Waals surface area contributed by atoms with Gasteiger partial charge in [-0.3, -0.25) is 4.79 Å². The van der Waals surface area contributed by atoms with Gasteiger partial charge in [0.1, 0.15) is 6.29 Å². The van der Waals surface area contributed by atoms with Crippen LogP contribution in [0.25, 0.3) is 0 Å². The maximum Gasteiger partial charge on any atom is 0.145 e. The van der Waals surface area contributed by atoms with E-state index in [-0.39, 0.29) is 5.60 Å². The van der Waals surface area contributed by atoms with Crippen LogP contribution in [0.2, 0.25) is 0 Å². The number of hydrogen-bond donors (Lipinski definition) is 0. The number of methoxy groups -OCH3 is 1. The van der Waals surface area contributed by atoms with Gasteiger partial charge in [0.2, 0.25) is 0 Å². The van der Waals surface area contributed by atoms with Gasteiger partial charge in [-0.25, -0.2) is 0 Å². The van der Waals surface area contributed by atoms with E-state index >= 15 is 0 Å². The van der Waals surface area contributed by atoms with Crippen molar-refractivity contribution in [3.63, 3.8) is 0 Å². The minimum atomic E-state index is -0.121. The molecule has 0 spiro atoms. The fourth-order valence-corrected chi connectivity index (χ4v) is 0.797. The predicted octanol–water partition coefficient (Wildman–Crippen LogP) is 2.34. The molecular weight excluding hydrogens is 152 g/mol. The van der Waals surface area contributed by atoms with Gasteiger partial charge in [-0.05, 0) is 32.3 Å². The Bertz CT molecular complexity index is 167. The minimum absolute atomic E-state index is 0.121. The highest BCUT2D eigenvalue weighted by Crippen LogP contribution is 2.19. The Morgan fingerprint density at radius 3 is 2.50 bits per heavy atom. The van der Waals surface area contributed by atoms with E-state index in [9.17, 15) is 4.79 Å². The summed E-state index contributed by atoms with van der Waals surface area (Å²) < 4.78 is 5.32. The standard InChI is InChI=1S/C10H18O2/c1-5-10(3,12-4)7-6-9(2)8-11/h6,8H,5,7H2,1-4H3. The third-order valence-electron chi connectivity index (χ3n) is 2.28. The average Bonchev–Trinajstić information content (AvgIpc) is 2.13. The molecule has 0 heterocycles. The van der Waals surface area contributed by atoms with Gasteiger partial charge >= 0.3 is 0 Å². The fraction of sp³-hybridized carbons (Fsp3) is 0.700. The summed E-state index contributed by atoms with van der Waals surface area (Å²) in [7, 11) is 1.70. The smallest absolute Gasteiger partial charge is 0.145 e. The lowest BCUT2D eigenvalue weighted by Gasteiger charge is -2.24. The molecule has 1 atom stereocenters. The number of rotatable bonds is 5. The van der Waals surface area contributed by atoms with E-state index in [1.807, 2.05) is 13.0 Å². The molecule has 0 aliphatic rings. The lowest BCUT2D eigenvalue weighted by molar-refractivity contribution is -0.104. The molecule has 0 saturated carbocycles. The van der Waals surface area contributed by atoms with Gasteiger partial charge in [-0.2, -0.15) is 0 Å². The van der Waals surface area contributed by atoms with Crippen molar-refractivity contribution in [2.45, 2.75) is 39.2 Å². The normalized spacial score (nSPS) is 17.2. The van der Waals surface area contributed by atoms with E-state index in [0.29, 0.717) is 0 Å². The van der Waals surface area contributed by atoms with E-state index in [1.54, 1.807) is 14.0 Å². The van der Waals surface area contributed by atoms with Crippen molar-refractivity contribution < 1.29 is 9.53 Å². The molecule has 0 aliphatic heterocycles. The van der Waals surface area contributed by atoms with Crippen LogP contribution < -0.4 is 0 Å². The van der Waals surface area contributed by atoms with Crippen LogP contribution in [0.1, 0.15) is 33.6 Å². The van der Waals surface area contributed by atoms with Crippen LogP contribution in [-0.2, 0) is 9.53 Å². The summed E-state index contributed by atoms with van der Waals surface area (Å²) >= 11 is 0. The van der Waals surface area contributed by atoms with Crippen molar-refractivity contribution in [2.24, 2.45) is 0 Å². The molecule has 2 nitrogen and oxygen atoms in total. The van der Waals surface area contributed by atoms with Gasteiger partial charge in [0.15, 0.2) is 0 Å². The summed E-state index contributed by atoms with van der Waals surface area (Å²) in [5, 5.41) is 0. The molecule has 0 aliphatic carbocycles. The number of ether oxygens (including phenoxy) is 1. The van der Waals surface area contributed by atoms with Gasteiger partial charge in [-0.1, -0.05) is 13.0 Å².